The maximum atomic E-state index is 9.21. The minimum absolute atomic E-state index is 0.0614. The second-order valence-electron chi connectivity index (χ2n) is 3.00. The van der Waals surface area contributed by atoms with Crippen molar-refractivity contribution in [3.05, 3.63) is 28.8 Å². The van der Waals surface area contributed by atoms with E-state index in [1.807, 2.05) is 0 Å². The Morgan fingerprint density at radius 1 is 1.57 bits per heavy atom. The van der Waals surface area contributed by atoms with Crippen molar-refractivity contribution >= 4 is 17.6 Å². The van der Waals surface area contributed by atoms with Crippen molar-refractivity contribution in [2.45, 2.75) is 6.04 Å². The molecule has 3 N–H and O–H groups in total. The molecule has 4 nitrogen and oxygen atoms in total. The van der Waals surface area contributed by atoms with E-state index < -0.39 is 0 Å². The lowest BCUT2D eigenvalue weighted by atomic mass is 10.1. The molecule has 1 aliphatic rings. The molecule has 1 aromatic rings. The molecule has 0 bridgehead atoms. The molecule has 0 aromatic heterocycles. The van der Waals surface area contributed by atoms with Gasteiger partial charge in [0.05, 0.1) is 5.02 Å². The van der Waals surface area contributed by atoms with Crippen molar-refractivity contribution < 1.29 is 9.84 Å². The van der Waals surface area contributed by atoms with E-state index in [1.54, 1.807) is 12.1 Å². The van der Waals surface area contributed by atoms with E-state index in [-0.39, 0.29) is 17.8 Å². The van der Waals surface area contributed by atoms with E-state index in [1.165, 1.54) is 6.07 Å². The van der Waals surface area contributed by atoms with Gasteiger partial charge in [-0.2, -0.15) is 0 Å². The van der Waals surface area contributed by atoms with E-state index in [4.69, 9.17) is 22.1 Å². The van der Waals surface area contributed by atoms with Crippen molar-refractivity contribution in [1.82, 2.24) is 0 Å². The molecular weight excluding hydrogens is 204 g/mol. The number of phenols is 1. The lowest BCUT2D eigenvalue weighted by Crippen LogP contribution is -2.10. The molecule has 1 aromatic carbocycles. The summed E-state index contributed by atoms with van der Waals surface area (Å²) >= 11 is 5.76. The number of phenolic OH excluding ortho intramolecular Hbond substituents is 1. The van der Waals surface area contributed by atoms with Gasteiger partial charge in [0, 0.05) is 0 Å². The Kier molecular flexibility index (Phi) is 2.21. The highest BCUT2D eigenvalue weighted by Gasteiger charge is 2.19. The van der Waals surface area contributed by atoms with Crippen LogP contribution in [0.1, 0.15) is 11.6 Å². The lowest BCUT2D eigenvalue weighted by Gasteiger charge is -2.06. The van der Waals surface area contributed by atoms with Gasteiger partial charge in [0.2, 0.25) is 0 Å². The summed E-state index contributed by atoms with van der Waals surface area (Å²) in [5, 5.41) is 9.52. The fourth-order valence-electron chi connectivity index (χ4n) is 1.29. The van der Waals surface area contributed by atoms with Gasteiger partial charge in [-0.1, -0.05) is 17.7 Å². The smallest absolute Gasteiger partial charge is 0.282 e. The summed E-state index contributed by atoms with van der Waals surface area (Å²) in [7, 11) is 0. The van der Waals surface area contributed by atoms with Crippen molar-refractivity contribution in [3.8, 4) is 5.75 Å². The molecule has 5 heteroatoms. The lowest BCUT2D eigenvalue weighted by molar-refractivity contribution is 0.315. The number of ether oxygens (including phenoxy) is 1. The zero-order chi connectivity index (χ0) is 10.1. The van der Waals surface area contributed by atoms with Crippen molar-refractivity contribution in [2.24, 2.45) is 10.7 Å². The summed E-state index contributed by atoms with van der Waals surface area (Å²) in [6.45, 7) is 0.424. The number of rotatable bonds is 1. The predicted octanol–water partition coefficient (Wildman–Crippen LogP) is 1.43. The summed E-state index contributed by atoms with van der Waals surface area (Å²) in [4.78, 5) is 4.06. The van der Waals surface area contributed by atoms with Crippen LogP contribution in [0.5, 0.6) is 5.75 Å². The van der Waals surface area contributed by atoms with Crippen LogP contribution in [0, 0.1) is 0 Å². The molecule has 0 radical (unpaired) electrons. The third kappa shape index (κ3) is 1.61. The summed E-state index contributed by atoms with van der Waals surface area (Å²) in [5.74, 6) is 0.0614. The Morgan fingerprint density at radius 2 is 2.36 bits per heavy atom. The van der Waals surface area contributed by atoms with Gasteiger partial charge in [-0.15, -0.1) is 0 Å². The van der Waals surface area contributed by atoms with Crippen LogP contribution in [0.3, 0.4) is 0 Å². The van der Waals surface area contributed by atoms with Gasteiger partial charge in [0.1, 0.15) is 18.4 Å². The second-order valence-corrected chi connectivity index (χ2v) is 3.41. The Balaban J connectivity index is 2.29. The van der Waals surface area contributed by atoms with Crippen LogP contribution in [-0.4, -0.2) is 17.7 Å². The molecule has 1 unspecified atom stereocenters. The SMILES string of the molecule is NC1=NC(c2ccc(O)c(Cl)c2)CO1. The van der Waals surface area contributed by atoms with E-state index in [0.717, 1.165) is 5.56 Å². The average molecular weight is 213 g/mol. The van der Waals surface area contributed by atoms with Gasteiger partial charge in [0.15, 0.2) is 0 Å². The highest BCUT2D eigenvalue weighted by Crippen LogP contribution is 2.29. The first-order valence-electron chi connectivity index (χ1n) is 4.11. The van der Waals surface area contributed by atoms with Crippen LogP contribution in [-0.2, 0) is 4.74 Å². The van der Waals surface area contributed by atoms with Crippen LogP contribution in [0.15, 0.2) is 23.2 Å². The molecule has 1 atom stereocenters. The van der Waals surface area contributed by atoms with Crippen LogP contribution in [0.2, 0.25) is 5.02 Å². The molecule has 0 saturated carbocycles. The van der Waals surface area contributed by atoms with Crippen molar-refractivity contribution in [3.63, 3.8) is 0 Å². The normalized spacial score (nSPS) is 20.4. The minimum Gasteiger partial charge on any atom is -0.506 e. The second kappa shape index (κ2) is 3.38. The molecule has 14 heavy (non-hydrogen) atoms. The number of amidine groups is 1. The molecule has 0 fully saturated rings. The Morgan fingerprint density at radius 3 is 2.93 bits per heavy atom. The monoisotopic (exact) mass is 212 g/mol. The van der Waals surface area contributed by atoms with E-state index >= 15 is 0 Å². The topological polar surface area (TPSA) is 67.8 Å². The highest BCUT2D eigenvalue weighted by molar-refractivity contribution is 6.32. The van der Waals surface area contributed by atoms with E-state index in [2.05, 4.69) is 4.99 Å². The third-order valence-corrected chi connectivity index (χ3v) is 2.33. The van der Waals surface area contributed by atoms with E-state index in [0.29, 0.717) is 11.6 Å². The van der Waals surface area contributed by atoms with Gasteiger partial charge >= 0.3 is 0 Å². The van der Waals surface area contributed by atoms with Gasteiger partial charge in [-0.05, 0) is 17.7 Å². The molecule has 0 spiro atoms. The standard InChI is InChI=1S/C9H9ClN2O2/c10-6-3-5(1-2-8(6)13)7-4-14-9(11)12-7/h1-3,7,13H,4H2,(H2,11,12). The predicted molar refractivity (Wildman–Crippen MR) is 53.4 cm³/mol. The minimum atomic E-state index is -0.118. The average Bonchev–Trinajstić information content (AvgIpc) is 2.57. The fourth-order valence-corrected chi connectivity index (χ4v) is 1.48. The Labute approximate surface area is 86.0 Å². The summed E-state index contributed by atoms with van der Waals surface area (Å²) in [5.41, 5.74) is 6.26. The number of halogens is 1. The van der Waals surface area contributed by atoms with Crippen LogP contribution >= 0.6 is 11.6 Å². The first kappa shape index (κ1) is 9.15. The number of nitrogens with zero attached hydrogens (tertiary/aromatic N) is 1. The molecule has 2 rings (SSSR count). The van der Waals surface area contributed by atoms with Gasteiger partial charge < -0.3 is 15.6 Å². The molecule has 0 saturated heterocycles. The number of hydrogen-bond donors (Lipinski definition) is 2. The molecule has 0 amide bonds. The first-order chi connectivity index (χ1) is 6.66. The fraction of sp³-hybridized carbons (Fsp3) is 0.222. The Bertz CT molecular complexity index is 392. The van der Waals surface area contributed by atoms with Crippen LogP contribution in [0.25, 0.3) is 0 Å². The molecular formula is C9H9ClN2O2. The number of nitrogens with two attached hydrogens (primary N) is 1. The maximum absolute atomic E-state index is 9.21. The molecule has 1 aliphatic heterocycles. The number of benzene rings is 1. The first-order valence-corrected chi connectivity index (χ1v) is 4.49. The number of aromatic hydroxyl groups is 1. The Hall–Kier alpha value is -1.42. The summed E-state index contributed by atoms with van der Waals surface area (Å²) in [6.07, 6.45) is 0. The van der Waals surface area contributed by atoms with Gasteiger partial charge in [-0.25, -0.2) is 4.99 Å². The zero-order valence-corrected chi connectivity index (χ0v) is 8.03. The zero-order valence-electron chi connectivity index (χ0n) is 7.27. The number of aliphatic imine (C=N–C) groups is 1. The molecule has 1 heterocycles. The van der Waals surface area contributed by atoms with Crippen LogP contribution in [0.4, 0.5) is 0 Å². The quantitative estimate of drug-likeness (QED) is 0.740. The summed E-state index contributed by atoms with van der Waals surface area (Å²) < 4.78 is 5.01. The van der Waals surface area contributed by atoms with Crippen molar-refractivity contribution in [1.29, 1.82) is 0 Å². The van der Waals surface area contributed by atoms with E-state index in [9.17, 15) is 5.11 Å². The maximum Gasteiger partial charge on any atom is 0.282 e. The number of hydrogen-bond acceptors (Lipinski definition) is 4. The van der Waals surface area contributed by atoms with Crippen molar-refractivity contribution in [2.75, 3.05) is 6.61 Å². The molecule has 0 aliphatic carbocycles. The van der Waals surface area contributed by atoms with Gasteiger partial charge in [0.25, 0.3) is 6.02 Å². The van der Waals surface area contributed by atoms with Crippen LogP contribution < -0.4 is 5.73 Å². The third-order valence-electron chi connectivity index (χ3n) is 2.03. The largest absolute Gasteiger partial charge is 0.506 e. The molecule has 74 valence electrons. The summed E-state index contributed by atoms with van der Waals surface area (Å²) in [6, 6.07) is 5.01. The van der Waals surface area contributed by atoms with Gasteiger partial charge in [-0.3, -0.25) is 0 Å². The highest BCUT2D eigenvalue weighted by atomic mass is 35.5.